The molecule has 2 rings (SSSR count). The van der Waals surface area contributed by atoms with Gasteiger partial charge >= 0.3 is 6.18 Å². The van der Waals surface area contributed by atoms with Crippen molar-refractivity contribution in [3.63, 3.8) is 0 Å². The minimum absolute atomic E-state index is 0.197. The van der Waals surface area contributed by atoms with E-state index in [1.165, 1.54) is 0 Å². The molecule has 1 aliphatic rings. The molecular formula is C12H14F3N. The summed E-state index contributed by atoms with van der Waals surface area (Å²) in [5, 5.41) is 3.16. The SMILES string of the molecule is CN[C@@H](c1ccc(C(F)(F)F)cc1)C1CC1. The van der Waals surface area contributed by atoms with E-state index < -0.39 is 11.7 Å². The molecular weight excluding hydrogens is 215 g/mol. The van der Waals surface area contributed by atoms with Crippen LogP contribution in [0.5, 0.6) is 0 Å². The fourth-order valence-electron chi connectivity index (χ4n) is 1.98. The molecule has 16 heavy (non-hydrogen) atoms. The van der Waals surface area contributed by atoms with Crippen LogP contribution in [0.15, 0.2) is 24.3 Å². The van der Waals surface area contributed by atoms with Crippen LogP contribution in [0.25, 0.3) is 0 Å². The zero-order chi connectivity index (χ0) is 11.8. The highest BCUT2D eigenvalue weighted by atomic mass is 19.4. The first-order chi connectivity index (χ1) is 7.52. The first-order valence-corrected chi connectivity index (χ1v) is 5.37. The summed E-state index contributed by atoms with van der Waals surface area (Å²) < 4.78 is 37.1. The van der Waals surface area contributed by atoms with Crippen molar-refractivity contribution < 1.29 is 13.2 Å². The smallest absolute Gasteiger partial charge is 0.313 e. The molecule has 0 unspecified atom stereocenters. The van der Waals surface area contributed by atoms with Gasteiger partial charge in [0, 0.05) is 6.04 Å². The van der Waals surface area contributed by atoms with Gasteiger partial charge in [0.2, 0.25) is 0 Å². The lowest BCUT2D eigenvalue weighted by molar-refractivity contribution is -0.137. The molecule has 0 aromatic heterocycles. The molecule has 0 saturated heterocycles. The molecule has 1 aromatic carbocycles. The number of halogens is 3. The Balaban J connectivity index is 2.18. The normalized spacial score (nSPS) is 18.5. The maximum absolute atomic E-state index is 12.4. The number of hydrogen-bond donors (Lipinski definition) is 1. The van der Waals surface area contributed by atoms with Crippen molar-refractivity contribution in [2.24, 2.45) is 5.92 Å². The molecule has 1 aliphatic carbocycles. The second-order valence-electron chi connectivity index (χ2n) is 4.22. The van der Waals surface area contributed by atoms with Crippen LogP contribution >= 0.6 is 0 Å². The van der Waals surface area contributed by atoms with Crippen molar-refractivity contribution in [1.29, 1.82) is 0 Å². The Morgan fingerprint density at radius 3 is 2.12 bits per heavy atom. The molecule has 88 valence electrons. The molecule has 0 spiro atoms. The van der Waals surface area contributed by atoms with Crippen LogP contribution in [0.4, 0.5) is 13.2 Å². The first kappa shape index (κ1) is 11.5. The Labute approximate surface area is 92.7 Å². The van der Waals surface area contributed by atoms with Crippen molar-refractivity contribution in [2.75, 3.05) is 7.05 Å². The Morgan fingerprint density at radius 2 is 1.75 bits per heavy atom. The Kier molecular flexibility index (Phi) is 2.93. The molecule has 0 amide bonds. The summed E-state index contributed by atoms with van der Waals surface area (Å²) >= 11 is 0. The third-order valence-corrected chi connectivity index (χ3v) is 3.00. The third-order valence-electron chi connectivity index (χ3n) is 3.00. The second-order valence-corrected chi connectivity index (χ2v) is 4.22. The third kappa shape index (κ3) is 2.38. The van der Waals surface area contributed by atoms with Crippen LogP contribution in [0.2, 0.25) is 0 Å². The number of hydrogen-bond acceptors (Lipinski definition) is 1. The molecule has 1 saturated carbocycles. The van der Waals surface area contributed by atoms with E-state index in [1.54, 1.807) is 12.1 Å². The summed E-state index contributed by atoms with van der Waals surface area (Å²) in [5.74, 6) is 0.585. The molecule has 0 bridgehead atoms. The minimum Gasteiger partial charge on any atom is -0.313 e. The Hall–Kier alpha value is -1.03. The average molecular weight is 229 g/mol. The van der Waals surface area contributed by atoms with Gasteiger partial charge in [-0.2, -0.15) is 13.2 Å². The second kappa shape index (κ2) is 4.09. The minimum atomic E-state index is -4.24. The van der Waals surface area contributed by atoms with Gasteiger partial charge < -0.3 is 5.32 Å². The topological polar surface area (TPSA) is 12.0 Å². The molecule has 0 radical (unpaired) electrons. The lowest BCUT2D eigenvalue weighted by atomic mass is 10.0. The van der Waals surface area contributed by atoms with Crippen LogP contribution in [-0.4, -0.2) is 7.05 Å². The quantitative estimate of drug-likeness (QED) is 0.837. The van der Waals surface area contributed by atoms with E-state index in [9.17, 15) is 13.2 Å². The fourth-order valence-corrected chi connectivity index (χ4v) is 1.98. The van der Waals surface area contributed by atoms with E-state index in [-0.39, 0.29) is 6.04 Å². The fraction of sp³-hybridized carbons (Fsp3) is 0.500. The Morgan fingerprint density at radius 1 is 1.19 bits per heavy atom. The van der Waals surface area contributed by atoms with Crippen LogP contribution in [0.1, 0.15) is 30.0 Å². The first-order valence-electron chi connectivity index (χ1n) is 5.37. The van der Waals surface area contributed by atoms with Gasteiger partial charge in [-0.05, 0) is 43.5 Å². The summed E-state index contributed by atoms with van der Waals surface area (Å²) in [7, 11) is 1.85. The van der Waals surface area contributed by atoms with Crippen LogP contribution in [0.3, 0.4) is 0 Å². The summed E-state index contributed by atoms with van der Waals surface area (Å²) in [6.45, 7) is 0. The van der Waals surface area contributed by atoms with Gasteiger partial charge in [-0.25, -0.2) is 0 Å². The summed E-state index contributed by atoms with van der Waals surface area (Å²) in [5.41, 5.74) is 0.361. The van der Waals surface area contributed by atoms with E-state index in [0.717, 1.165) is 30.5 Å². The largest absolute Gasteiger partial charge is 0.416 e. The molecule has 1 fully saturated rings. The number of nitrogens with one attached hydrogen (secondary N) is 1. The molecule has 0 heterocycles. The highest BCUT2D eigenvalue weighted by Crippen LogP contribution is 2.41. The maximum atomic E-state index is 12.4. The van der Waals surface area contributed by atoms with Gasteiger partial charge in [0.05, 0.1) is 5.56 Å². The Bertz CT molecular complexity index is 352. The predicted molar refractivity (Wildman–Crippen MR) is 56.0 cm³/mol. The van der Waals surface area contributed by atoms with Crippen molar-refractivity contribution in [3.8, 4) is 0 Å². The summed E-state index contributed by atoms with van der Waals surface area (Å²) in [6, 6.07) is 5.65. The molecule has 0 aliphatic heterocycles. The van der Waals surface area contributed by atoms with E-state index in [4.69, 9.17) is 0 Å². The van der Waals surface area contributed by atoms with Crippen LogP contribution in [0, 0.1) is 5.92 Å². The maximum Gasteiger partial charge on any atom is 0.416 e. The number of alkyl halides is 3. The predicted octanol–water partition coefficient (Wildman–Crippen LogP) is 3.38. The lowest BCUT2D eigenvalue weighted by Crippen LogP contribution is -2.18. The molecule has 1 nitrogen and oxygen atoms in total. The average Bonchev–Trinajstić information content (AvgIpc) is 3.03. The lowest BCUT2D eigenvalue weighted by Gasteiger charge is -2.16. The van der Waals surface area contributed by atoms with Crippen molar-refractivity contribution in [3.05, 3.63) is 35.4 Å². The molecule has 1 atom stereocenters. The summed E-state index contributed by atoms with van der Waals surface area (Å²) in [6.07, 6.45) is -1.92. The molecule has 1 aromatic rings. The van der Waals surface area contributed by atoms with Crippen LogP contribution < -0.4 is 5.32 Å². The van der Waals surface area contributed by atoms with Gasteiger partial charge in [0.15, 0.2) is 0 Å². The van der Waals surface area contributed by atoms with Gasteiger partial charge in [-0.1, -0.05) is 12.1 Å². The number of rotatable bonds is 3. The van der Waals surface area contributed by atoms with Crippen molar-refractivity contribution in [2.45, 2.75) is 25.1 Å². The number of benzene rings is 1. The highest BCUT2D eigenvalue weighted by molar-refractivity contribution is 5.27. The van der Waals surface area contributed by atoms with E-state index in [1.807, 2.05) is 7.05 Å². The van der Waals surface area contributed by atoms with E-state index in [2.05, 4.69) is 5.32 Å². The van der Waals surface area contributed by atoms with E-state index in [0.29, 0.717) is 5.92 Å². The van der Waals surface area contributed by atoms with Crippen LogP contribution in [-0.2, 0) is 6.18 Å². The monoisotopic (exact) mass is 229 g/mol. The van der Waals surface area contributed by atoms with E-state index >= 15 is 0 Å². The van der Waals surface area contributed by atoms with Crippen molar-refractivity contribution in [1.82, 2.24) is 5.32 Å². The highest BCUT2D eigenvalue weighted by Gasteiger charge is 2.33. The van der Waals surface area contributed by atoms with Gasteiger partial charge in [0.1, 0.15) is 0 Å². The zero-order valence-corrected chi connectivity index (χ0v) is 9.01. The summed E-state index contributed by atoms with van der Waals surface area (Å²) in [4.78, 5) is 0. The van der Waals surface area contributed by atoms with Gasteiger partial charge in [-0.15, -0.1) is 0 Å². The standard InChI is InChI=1S/C12H14F3N/c1-16-11(8-2-3-8)9-4-6-10(7-5-9)12(13,14)15/h4-8,11,16H,2-3H2,1H3/t11-/m1/s1. The molecule has 4 heteroatoms. The molecule has 1 N–H and O–H groups in total. The van der Waals surface area contributed by atoms with Gasteiger partial charge in [0.25, 0.3) is 0 Å². The van der Waals surface area contributed by atoms with Gasteiger partial charge in [-0.3, -0.25) is 0 Å². The zero-order valence-electron chi connectivity index (χ0n) is 9.01. The van der Waals surface area contributed by atoms with Crippen molar-refractivity contribution >= 4 is 0 Å².